The van der Waals surface area contributed by atoms with Crippen LogP contribution in [-0.2, 0) is 0 Å². The summed E-state index contributed by atoms with van der Waals surface area (Å²) in [6, 6.07) is 7.43. The highest BCUT2D eigenvalue weighted by Crippen LogP contribution is 2.22. The molecule has 0 bridgehead atoms. The predicted molar refractivity (Wildman–Crippen MR) is 61.4 cm³/mol. The standard InChI is InChI=1S/C11H6ClFN4/c12-8-3-9(13)5-10(4-8)16-11-7(6-14)1-2-15-17-11/h1-5H,(H,16,17). The van der Waals surface area contributed by atoms with Crippen molar-refractivity contribution in [1.29, 1.82) is 5.26 Å². The zero-order chi connectivity index (χ0) is 12.3. The lowest BCUT2D eigenvalue weighted by atomic mass is 10.2. The van der Waals surface area contributed by atoms with Crippen molar-refractivity contribution in [3.8, 4) is 6.07 Å². The Balaban J connectivity index is 2.35. The van der Waals surface area contributed by atoms with E-state index in [9.17, 15) is 4.39 Å². The third kappa shape index (κ3) is 2.68. The molecule has 1 aromatic heterocycles. The van der Waals surface area contributed by atoms with E-state index in [1.165, 1.54) is 30.5 Å². The molecule has 0 aliphatic heterocycles. The summed E-state index contributed by atoms with van der Waals surface area (Å²) in [7, 11) is 0. The summed E-state index contributed by atoms with van der Waals surface area (Å²) in [6.07, 6.45) is 1.41. The number of nitrogens with zero attached hydrogens (tertiary/aromatic N) is 3. The number of anilines is 2. The van der Waals surface area contributed by atoms with E-state index in [-0.39, 0.29) is 10.8 Å². The second kappa shape index (κ2) is 4.76. The van der Waals surface area contributed by atoms with Gasteiger partial charge in [0.1, 0.15) is 11.9 Å². The summed E-state index contributed by atoms with van der Waals surface area (Å²) in [5, 5.41) is 19.3. The molecule has 4 nitrogen and oxygen atoms in total. The number of halogens is 2. The van der Waals surface area contributed by atoms with E-state index in [2.05, 4.69) is 15.5 Å². The van der Waals surface area contributed by atoms with Gasteiger partial charge in [-0.05, 0) is 24.3 Å². The highest BCUT2D eigenvalue weighted by Gasteiger charge is 2.05. The van der Waals surface area contributed by atoms with Gasteiger partial charge >= 0.3 is 0 Å². The van der Waals surface area contributed by atoms with Crippen molar-refractivity contribution in [2.75, 3.05) is 5.32 Å². The van der Waals surface area contributed by atoms with Crippen LogP contribution in [0.3, 0.4) is 0 Å². The minimum atomic E-state index is -0.470. The number of hydrogen-bond acceptors (Lipinski definition) is 4. The van der Waals surface area contributed by atoms with Crippen LogP contribution in [-0.4, -0.2) is 10.2 Å². The van der Waals surface area contributed by atoms with Gasteiger partial charge in [-0.15, -0.1) is 5.10 Å². The summed E-state index contributed by atoms with van der Waals surface area (Å²) >= 11 is 5.71. The summed E-state index contributed by atoms with van der Waals surface area (Å²) < 4.78 is 13.1. The third-order valence-electron chi connectivity index (χ3n) is 1.97. The molecule has 0 atom stereocenters. The monoisotopic (exact) mass is 248 g/mol. The van der Waals surface area contributed by atoms with Crippen molar-refractivity contribution < 1.29 is 4.39 Å². The first kappa shape index (κ1) is 11.3. The number of hydrogen-bond donors (Lipinski definition) is 1. The molecule has 0 fully saturated rings. The lowest BCUT2D eigenvalue weighted by molar-refractivity contribution is 0.628. The Bertz CT molecular complexity index is 574. The van der Waals surface area contributed by atoms with Crippen molar-refractivity contribution >= 4 is 23.1 Å². The zero-order valence-electron chi connectivity index (χ0n) is 8.48. The molecule has 0 saturated heterocycles. The third-order valence-corrected chi connectivity index (χ3v) is 2.18. The van der Waals surface area contributed by atoms with Gasteiger partial charge in [0, 0.05) is 10.7 Å². The van der Waals surface area contributed by atoms with Gasteiger partial charge < -0.3 is 5.32 Å². The Kier molecular flexibility index (Phi) is 3.17. The maximum absolute atomic E-state index is 13.1. The molecule has 0 spiro atoms. The molecular formula is C11H6ClFN4. The van der Waals surface area contributed by atoms with Crippen LogP contribution >= 0.6 is 11.6 Å². The lowest BCUT2D eigenvalue weighted by Gasteiger charge is -2.06. The normalized spacial score (nSPS) is 9.71. The van der Waals surface area contributed by atoms with Crippen molar-refractivity contribution in [1.82, 2.24) is 10.2 Å². The molecule has 2 aromatic rings. The fourth-order valence-electron chi connectivity index (χ4n) is 1.28. The van der Waals surface area contributed by atoms with Crippen LogP contribution in [0.1, 0.15) is 5.56 Å². The molecule has 0 aliphatic rings. The van der Waals surface area contributed by atoms with Gasteiger partial charge in [0.2, 0.25) is 0 Å². The number of nitrogens with one attached hydrogen (secondary N) is 1. The number of rotatable bonds is 2. The predicted octanol–water partition coefficient (Wildman–Crippen LogP) is 2.88. The first-order valence-corrected chi connectivity index (χ1v) is 5.02. The molecule has 2 rings (SSSR count). The second-order valence-corrected chi connectivity index (χ2v) is 3.62. The van der Waals surface area contributed by atoms with Gasteiger partial charge in [-0.25, -0.2) is 4.39 Å². The van der Waals surface area contributed by atoms with Gasteiger partial charge in [0.05, 0.1) is 11.8 Å². The first-order valence-electron chi connectivity index (χ1n) is 4.64. The summed E-state index contributed by atoms with van der Waals surface area (Å²) in [5.41, 5.74) is 0.729. The Morgan fingerprint density at radius 2 is 2.18 bits per heavy atom. The van der Waals surface area contributed by atoms with Crippen LogP contribution < -0.4 is 5.32 Å². The van der Waals surface area contributed by atoms with Crippen LogP contribution in [0.4, 0.5) is 15.9 Å². The minimum absolute atomic E-state index is 0.259. The first-order chi connectivity index (χ1) is 8.19. The fraction of sp³-hybridized carbons (Fsp3) is 0. The van der Waals surface area contributed by atoms with Crippen LogP contribution in [0.5, 0.6) is 0 Å². The van der Waals surface area contributed by atoms with Gasteiger partial charge in [-0.3, -0.25) is 0 Å². The molecule has 6 heteroatoms. The molecule has 84 valence electrons. The lowest BCUT2D eigenvalue weighted by Crippen LogP contribution is -1.98. The van der Waals surface area contributed by atoms with Crippen LogP contribution in [0.15, 0.2) is 30.5 Å². The van der Waals surface area contributed by atoms with E-state index >= 15 is 0 Å². The fourth-order valence-corrected chi connectivity index (χ4v) is 1.50. The molecule has 0 radical (unpaired) electrons. The van der Waals surface area contributed by atoms with Gasteiger partial charge in [-0.2, -0.15) is 10.4 Å². The van der Waals surface area contributed by atoms with E-state index in [0.717, 1.165) is 0 Å². The molecule has 17 heavy (non-hydrogen) atoms. The average molecular weight is 249 g/mol. The van der Waals surface area contributed by atoms with Crippen LogP contribution in [0.25, 0.3) is 0 Å². The largest absolute Gasteiger partial charge is 0.337 e. The molecule has 0 amide bonds. The molecule has 0 saturated carbocycles. The van der Waals surface area contributed by atoms with Gasteiger partial charge in [-0.1, -0.05) is 11.6 Å². The zero-order valence-corrected chi connectivity index (χ0v) is 9.24. The van der Waals surface area contributed by atoms with Gasteiger partial charge in [0.15, 0.2) is 5.82 Å². The number of aromatic nitrogens is 2. The summed E-state index contributed by atoms with van der Waals surface area (Å²) in [5.74, 6) is -0.209. The Hall–Kier alpha value is -2.19. The maximum Gasteiger partial charge on any atom is 0.171 e. The van der Waals surface area contributed by atoms with E-state index < -0.39 is 5.82 Å². The van der Waals surface area contributed by atoms with Crippen LogP contribution in [0, 0.1) is 17.1 Å². The van der Waals surface area contributed by atoms with Crippen molar-refractivity contribution in [2.45, 2.75) is 0 Å². The Morgan fingerprint density at radius 3 is 2.88 bits per heavy atom. The molecule has 0 aliphatic carbocycles. The molecule has 1 N–H and O–H groups in total. The minimum Gasteiger partial charge on any atom is -0.337 e. The molecule has 1 heterocycles. The van der Waals surface area contributed by atoms with Crippen molar-refractivity contribution in [3.63, 3.8) is 0 Å². The smallest absolute Gasteiger partial charge is 0.171 e. The van der Waals surface area contributed by atoms with Crippen molar-refractivity contribution in [2.24, 2.45) is 0 Å². The second-order valence-electron chi connectivity index (χ2n) is 3.19. The average Bonchev–Trinajstić information content (AvgIpc) is 2.28. The Morgan fingerprint density at radius 1 is 1.35 bits per heavy atom. The number of benzene rings is 1. The maximum atomic E-state index is 13.1. The molecular weight excluding hydrogens is 243 g/mol. The highest BCUT2D eigenvalue weighted by molar-refractivity contribution is 6.30. The topological polar surface area (TPSA) is 61.6 Å². The van der Waals surface area contributed by atoms with E-state index in [4.69, 9.17) is 16.9 Å². The summed E-state index contributed by atoms with van der Waals surface area (Å²) in [6.45, 7) is 0. The molecule has 1 aromatic carbocycles. The highest BCUT2D eigenvalue weighted by atomic mass is 35.5. The summed E-state index contributed by atoms with van der Waals surface area (Å²) in [4.78, 5) is 0. The quantitative estimate of drug-likeness (QED) is 0.888. The van der Waals surface area contributed by atoms with Crippen LogP contribution in [0.2, 0.25) is 5.02 Å². The number of nitriles is 1. The Labute approximate surface area is 102 Å². The van der Waals surface area contributed by atoms with E-state index in [0.29, 0.717) is 11.3 Å². The van der Waals surface area contributed by atoms with E-state index in [1.54, 1.807) is 0 Å². The van der Waals surface area contributed by atoms with Gasteiger partial charge in [0.25, 0.3) is 0 Å². The molecule has 0 unspecified atom stereocenters. The van der Waals surface area contributed by atoms with E-state index in [1.807, 2.05) is 6.07 Å². The SMILES string of the molecule is N#Cc1ccnnc1Nc1cc(F)cc(Cl)c1. The van der Waals surface area contributed by atoms with Crippen molar-refractivity contribution in [3.05, 3.63) is 46.9 Å².